The predicted octanol–water partition coefficient (Wildman–Crippen LogP) is 3.40. The fraction of sp³-hybridized carbons (Fsp3) is 1.00. The molecule has 0 radical (unpaired) electrons. The van der Waals surface area contributed by atoms with Gasteiger partial charge >= 0.3 is 0 Å². The molecule has 1 aliphatic heterocycles. The maximum absolute atomic E-state index is 2.57. The normalized spacial score (nSPS) is 17.8. The van der Waals surface area contributed by atoms with E-state index in [1.165, 1.54) is 32.5 Å². The monoisotopic (exact) mass is 211 g/mol. The van der Waals surface area contributed by atoms with E-state index in [4.69, 9.17) is 0 Å². The van der Waals surface area contributed by atoms with E-state index in [2.05, 4.69) is 18.7 Å². The Labute approximate surface area is 94.3 Å². The molecule has 0 aromatic carbocycles. The molecule has 1 rings (SSSR count). The van der Waals surface area contributed by atoms with Crippen molar-refractivity contribution < 1.29 is 0 Å². The predicted molar refractivity (Wildman–Crippen MR) is 66.4 cm³/mol. The maximum Gasteiger partial charge on any atom is 0.261 e. The van der Waals surface area contributed by atoms with Crippen molar-refractivity contribution in [2.24, 2.45) is 0 Å². The first-order chi connectivity index (χ1) is 6.86. The van der Waals surface area contributed by atoms with Crippen molar-refractivity contribution in [1.82, 2.24) is 4.90 Å². The largest absolute Gasteiger partial charge is 0.304 e. The second-order valence-corrected chi connectivity index (χ2v) is 8.14. The minimum Gasteiger partial charge on any atom is -0.304 e. The minimum atomic E-state index is -0.234. The number of hydrogen-bond acceptors (Lipinski definition) is 1. The summed E-state index contributed by atoms with van der Waals surface area (Å²) in [7, 11) is 0. The zero-order valence-electron chi connectivity index (χ0n) is 10.1. The molecule has 0 amide bonds. The molecule has 0 aromatic heterocycles. The highest BCUT2D eigenvalue weighted by Gasteiger charge is 2.19. The van der Waals surface area contributed by atoms with Crippen LogP contribution in [0.25, 0.3) is 0 Å². The van der Waals surface area contributed by atoms with Crippen LogP contribution in [0.2, 0.25) is 15.8 Å². The Hall–Kier alpha value is 0.492. The molecule has 1 aliphatic rings. The summed E-state index contributed by atoms with van der Waals surface area (Å²) in [6, 6.07) is 0. The van der Waals surface area contributed by atoms with Crippen molar-refractivity contribution in [2.75, 3.05) is 19.6 Å². The summed E-state index contributed by atoms with van der Waals surface area (Å²) in [5.41, 5.74) is 0. The zero-order valence-corrected chi connectivity index (χ0v) is 11.3. The van der Waals surface area contributed by atoms with Gasteiger partial charge in [-0.15, -0.1) is 0 Å². The van der Waals surface area contributed by atoms with Gasteiger partial charge in [0.05, 0.1) is 0 Å². The third kappa shape index (κ3) is 4.82. The standard InChI is InChI=1S/C7H16N.C5H10.Al/c1-4-7-8(5-2)6-3;1-3-5-4-2;/h1,4-7H2,2-3H3;1-5H2;. The molecular weight excluding hydrogens is 185 g/mol. The number of hydrogen-bond donors (Lipinski definition) is 0. The Morgan fingerprint density at radius 3 is 2.21 bits per heavy atom. The first kappa shape index (κ1) is 12.6. The van der Waals surface area contributed by atoms with Gasteiger partial charge in [0.2, 0.25) is 0 Å². The van der Waals surface area contributed by atoms with E-state index in [-0.39, 0.29) is 14.1 Å². The van der Waals surface area contributed by atoms with Gasteiger partial charge in [0.15, 0.2) is 0 Å². The Bertz CT molecular complexity index is 128. The third-order valence-electron chi connectivity index (χ3n) is 3.71. The zero-order chi connectivity index (χ0) is 10.2. The van der Waals surface area contributed by atoms with Gasteiger partial charge in [0.1, 0.15) is 0 Å². The SMILES string of the molecule is CCN(CC)CC[CH2][Al]1[CH2]CCC[CH2]1. The van der Waals surface area contributed by atoms with Gasteiger partial charge in [0.25, 0.3) is 14.1 Å². The van der Waals surface area contributed by atoms with Crippen molar-refractivity contribution in [3.63, 3.8) is 0 Å². The summed E-state index contributed by atoms with van der Waals surface area (Å²) in [4.78, 5) is 2.57. The molecule has 82 valence electrons. The van der Waals surface area contributed by atoms with E-state index in [9.17, 15) is 0 Å². The molecule has 1 heterocycles. The molecule has 0 atom stereocenters. The Morgan fingerprint density at radius 1 is 1.00 bits per heavy atom. The lowest BCUT2D eigenvalue weighted by Gasteiger charge is -2.20. The molecule has 0 spiro atoms. The van der Waals surface area contributed by atoms with Crippen molar-refractivity contribution in [3.8, 4) is 0 Å². The fourth-order valence-electron chi connectivity index (χ4n) is 2.62. The lowest BCUT2D eigenvalue weighted by atomic mass is 10.3. The van der Waals surface area contributed by atoms with Crippen LogP contribution in [0.5, 0.6) is 0 Å². The Morgan fingerprint density at radius 2 is 1.64 bits per heavy atom. The first-order valence-corrected chi connectivity index (χ1v) is 9.04. The van der Waals surface area contributed by atoms with Crippen molar-refractivity contribution in [2.45, 2.75) is 55.4 Å². The molecule has 0 N–H and O–H groups in total. The van der Waals surface area contributed by atoms with Crippen LogP contribution in [0.4, 0.5) is 0 Å². The molecule has 0 saturated carbocycles. The smallest absolute Gasteiger partial charge is 0.261 e. The van der Waals surface area contributed by atoms with Crippen LogP contribution in [0.3, 0.4) is 0 Å². The summed E-state index contributed by atoms with van der Waals surface area (Å²) in [5, 5.41) is 4.92. The quantitative estimate of drug-likeness (QED) is 0.609. The Kier molecular flexibility index (Phi) is 6.95. The fourth-order valence-corrected chi connectivity index (χ4v) is 5.98. The first-order valence-electron chi connectivity index (χ1n) is 6.59. The highest BCUT2D eigenvalue weighted by atomic mass is 27.2. The molecule has 0 aromatic rings. The van der Waals surface area contributed by atoms with Gasteiger partial charge in [-0.3, -0.25) is 0 Å². The van der Waals surface area contributed by atoms with Gasteiger partial charge in [-0.1, -0.05) is 55.4 Å². The number of rotatable bonds is 6. The van der Waals surface area contributed by atoms with Crippen LogP contribution in [0, 0.1) is 0 Å². The van der Waals surface area contributed by atoms with E-state index in [1.54, 1.807) is 28.7 Å². The molecule has 14 heavy (non-hydrogen) atoms. The maximum atomic E-state index is 2.57. The van der Waals surface area contributed by atoms with E-state index < -0.39 is 0 Å². The van der Waals surface area contributed by atoms with Gasteiger partial charge in [0, 0.05) is 0 Å². The van der Waals surface area contributed by atoms with E-state index in [0.717, 1.165) is 0 Å². The van der Waals surface area contributed by atoms with E-state index in [0.29, 0.717) is 0 Å². The topological polar surface area (TPSA) is 3.24 Å². The van der Waals surface area contributed by atoms with Crippen molar-refractivity contribution in [3.05, 3.63) is 0 Å². The van der Waals surface area contributed by atoms with Crippen molar-refractivity contribution >= 4 is 14.1 Å². The van der Waals surface area contributed by atoms with E-state index in [1.807, 2.05) is 0 Å². The lowest BCUT2D eigenvalue weighted by molar-refractivity contribution is 0.304. The summed E-state index contributed by atoms with van der Waals surface area (Å²) < 4.78 is 0. The molecule has 0 bridgehead atoms. The summed E-state index contributed by atoms with van der Waals surface area (Å²) in [6.45, 7) is 8.39. The minimum absolute atomic E-state index is 0.234. The Balaban J connectivity index is 2.01. The number of nitrogens with zero attached hydrogens (tertiary/aromatic N) is 1. The second kappa shape index (κ2) is 7.74. The molecule has 1 nitrogen and oxygen atoms in total. The van der Waals surface area contributed by atoms with Crippen molar-refractivity contribution in [1.29, 1.82) is 0 Å². The van der Waals surface area contributed by atoms with E-state index >= 15 is 0 Å². The molecule has 2 heteroatoms. The molecule has 1 fully saturated rings. The average Bonchev–Trinajstić information content (AvgIpc) is 2.26. The average molecular weight is 211 g/mol. The van der Waals surface area contributed by atoms with Crippen LogP contribution in [0.15, 0.2) is 0 Å². The molecular formula is C12H26AlN. The van der Waals surface area contributed by atoms with Crippen LogP contribution in [-0.2, 0) is 0 Å². The van der Waals surface area contributed by atoms with Gasteiger partial charge in [-0.2, -0.15) is 0 Å². The summed E-state index contributed by atoms with van der Waals surface area (Å²) in [6.07, 6.45) is 6.13. The van der Waals surface area contributed by atoms with Crippen LogP contribution in [-0.4, -0.2) is 38.7 Å². The highest BCUT2D eigenvalue weighted by molar-refractivity contribution is 6.58. The molecule has 1 saturated heterocycles. The highest BCUT2D eigenvalue weighted by Crippen LogP contribution is 2.22. The van der Waals surface area contributed by atoms with Gasteiger partial charge in [-0.05, 0) is 19.6 Å². The second-order valence-electron chi connectivity index (χ2n) is 4.67. The summed E-state index contributed by atoms with van der Waals surface area (Å²) >= 11 is -0.234. The lowest BCUT2D eigenvalue weighted by Crippen LogP contribution is -2.25. The van der Waals surface area contributed by atoms with Crippen LogP contribution in [0.1, 0.15) is 39.5 Å². The third-order valence-corrected chi connectivity index (χ3v) is 7.38. The summed E-state index contributed by atoms with van der Waals surface area (Å²) in [5.74, 6) is 0. The molecule has 0 unspecified atom stereocenters. The van der Waals surface area contributed by atoms with Crippen LogP contribution < -0.4 is 0 Å². The van der Waals surface area contributed by atoms with Gasteiger partial charge < -0.3 is 4.90 Å². The molecule has 0 aliphatic carbocycles. The van der Waals surface area contributed by atoms with Crippen LogP contribution >= 0.6 is 0 Å². The van der Waals surface area contributed by atoms with Gasteiger partial charge in [-0.25, -0.2) is 0 Å².